The Morgan fingerprint density at radius 3 is 2.05 bits per heavy atom. The number of ether oxygens (including phenoxy) is 2. The molecule has 0 spiro atoms. The topological polar surface area (TPSA) is 52.6 Å². The van der Waals surface area contributed by atoms with Gasteiger partial charge in [0.1, 0.15) is 6.10 Å². The Bertz CT molecular complexity index is 291. The molecule has 0 aromatic heterocycles. The van der Waals surface area contributed by atoms with Crippen molar-refractivity contribution < 1.29 is 19.1 Å². The molecule has 2 unspecified atom stereocenters. The maximum absolute atomic E-state index is 11.6. The van der Waals surface area contributed by atoms with Crippen molar-refractivity contribution in [3.05, 3.63) is 0 Å². The highest BCUT2D eigenvalue weighted by molar-refractivity contribution is 5.77. The van der Waals surface area contributed by atoms with Crippen LogP contribution in [0, 0.1) is 11.3 Å². The summed E-state index contributed by atoms with van der Waals surface area (Å²) in [6, 6.07) is 0. The van der Waals surface area contributed by atoms with E-state index in [-0.39, 0.29) is 36.3 Å². The third-order valence-corrected chi connectivity index (χ3v) is 2.89. The molecule has 0 aliphatic rings. The van der Waals surface area contributed by atoms with Gasteiger partial charge in [-0.3, -0.25) is 9.59 Å². The van der Waals surface area contributed by atoms with Gasteiger partial charge in [0.15, 0.2) is 0 Å². The van der Waals surface area contributed by atoms with E-state index in [4.69, 9.17) is 9.47 Å². The van der Waals surface area contributed by atoms with Crippen molar-refractivity contribution >= 4 is 11.9 Å². The van der Waals surface area contributed by atoms with Crippen LogP contribution >= 0.6 is 0 Å². The average Bonchev–Trinajstić information content (AvgIpc) is 2.24. The number of carbonyl (C=O) groups is 2. The molecular formula is C15H28O4. The van der Waals surface area contributed by atoms with E-state index in [1.54, 1.807) is 6.92 Å². The van der Waals surface area contributed by atoms with Gasteiger partial charge in [-0.1, -0.05) is 27.7 Å². The van der Waals surface area contributed by atoms with E-state index in [1.165, 1.54) is 0 Å². The molecule has 0 radical (unpaired) electrons. The molecule has 4 heteroatoms. The van der Waals surface area contributed by atoms with Gasteiger partial charge in [0.05, 0.1) is 19.4 Å². The number of rotatable bonds is 7. The molecule has 0 N–H and O–H groups in total. The summed E-state index contributed by atoms with van der Waals surface area (Å²) >= 11 is 0. The van der Waals surface area contributed by atoms with Crippen molar-refractivity contribution in [2.24, 2.45) is 11.3 Å². The fourth-order valence-corrected chi connectivity index (χ4v) is 1.95. The third kappa shape index (κ3) is 9.51. The summed E-state index contributed by atoms with van der Waals surface area (Å²) in [5, 5.41) is 0. The fourth-order valence-electron chi connectivity index (χ4n) is 1.95. The number of carbonyl (C=O) groups excluding carboxylic acids is 2. The highest BCUT2D eigenvalue weighted by atomic mass is 16.5. The summed E-state index contributed by atoms with van der Waals surface area (Å²) in [5.41, 5.74) is 0.213. The zero-order chi connectivity index (χ0) is 15.1. The van der Waals surface area contributed by atoms with Crippen LogP contribution in [0.5, 0.6) is 0 Å². The molecule has 0 aromatic rings. The molecular weight excluding hydrogens is 244 g/mol. The molecule has 0 heterocycles. The van der Waals surface area contributed by atoms with Crippen molar-refractivity contribution in [1.29, 1.82) is 0 Å². The van der Waals surface area contributed by atoms with E-state index in [0.717, 1.165) is 6.42 Å². The van der Waals surface area contributed by atoms with Crippen LogP contribution < -0.4 is 0 Å². The Labute approximate surface area is 116 Å². The molecule has 0 rings (SSSR count). The molecule has 0 fully saturated rings. The monoisotopic (exact) mass is 272 g/mol. The first-order chi connectivity index (χ1) is 8.65. The summed E-state index contributed by atoms with van der Waals surface area (Å²) < 4.78 is 10.1. The van der Waals surface area contributed by atoms with Crippen LogP contribution in [0.4, 0.5) is 0 Å². The van der Waals surface area contributed by atoms with Gasteiger partial charge in [0, 0.05) is 0 Å². The van der Waals surface area contributed by atoms with Crippen LogP contribution in [0.1, 0.15) is 60.8 Å². The molecule has 0 saturated heterocycles. The quantitative estimate of drug-likeness (QED) is 0.667. The van der Waals surface area contributed by atoms with E-state index in [1.807, 2.05) is 6.92 Å². The molecule has 0 amide bonds. The van der Waals surface area contributed by atoms with Gasteiger partial charge in [-0.2, -0.15) is 0 Å². The minimum atomic E-state index is -0.352. The van der Waals surface area contributed by atoms with Crippen LogP contribution in [0.15, 0.2) is 0 Å². The van der Waals surface area contributed by atoms with Crippen molar-refractivity contribution in [1.82, 2.24) is 0 Å². The summed E-state index contributed by atoms with van der Waals surface area (Å²) in [7, 11) is 0. The third-order valence-electron chi connectivity index (χ3n) is 2.89. The highest BCUT2D eigenvalue weighted by Gasteiger charge is 2.22. The first-order valence-corrected chi connectivity index (χ1v) is 7.00. The normalized spacial score (nSPS) is 14.6. The molecule has 0 saturated carbocycles. The van der Waals surface area contributed by atoms with Crippen molar-refractivity contribution in [3.63, 3.8) is 0 Å². The highest BCUT2D eigenvalue weighted by Crippen LogP contribution is 2.27. The summed E-state index contributed by atoms with van der Waals surface area (Å²) in [6.07, 6.45) is 1.03. The predicted octanol–water partition coefficient (Wildman–Crippen LogP) is 3.33. The van der Waals surface area contributed by atoms with Gasteiger partial charge in [-0.15, -0.1) is 0 Å². The summed E-state index contributed by atoms with van der Waals surface area (Å²) in [6.45, 7) is 12.6. The molecule has 0 bridgehead atoms. The van der Waals surface area contributed by atoms with Gasteiger partial charge in [-0.05, 0) is 31.6 Å². The Morgan fingerprint density at radius 1 is 1.05 bits per heavy atom. The maximum atomic E-state index is 11.6. The first-order valence-electron chi connectivity index (χ1n) is 7.00. The second kappa shape index (κ2) is 8.18. The van der Waals surface area contributed by atoms with E-state index in [2.05, 4.69) is 27.7 Å². The molecule has 0 aromatic carbocycles. The lowest BCUT2D eigenvalue weighted by molar-refractivity contribution is -0.155. The Hall–Kier alpha value is -1.06. The van der Waals surface area contributed by atoms with Crippen LogP contribution in [-0.2, 0) is 19.1 Å². The molecule has 4 nitrogen and oxygen atoms in total. The van der Waals surface area contributed by atoms with Crippen LogP contribution in [0.25, 0.3) is 0 Å². The zero-order valence-electron chi connectivity index (χ0n) is 13.1. The number of hydrogen-bond donors (Lipinski definition) is 0. The van der Waals surface area contributed by atoms with E-state index in [0.29, 0.717) is 12.5 Å². The van der Waals surface area contributed by atoms with Crippen molar-refractivity contribution in [3.8, 4) is 0 Å². The lowest BCUT2D eigenvalue weighted by Crippen LogP contribution is -2.26. The van der Waals surface area contributed by atoms with Gasteiger partial charge < -0.3 is 9.47 Å². The van der Waals surface area contributed by atoms with Gasteiger partial charge in [-0.25, -0.2) is 0 Å². The maximum Gasteiger partial charge on any atom is 0.306 e. The molecule has 0 aliphatic carbocycles. The summed E-state index contributed by atoms with van der Waals surface area (Å²) in [4.78, 5) is 22.7. The van der Waals surface area contributed by atoms with Gasteiger partial charge >= 0.3 is 11.9 Å². The Morgan fingerprint density at radius 2 is 1.58 bits per heavy atom. The lowest BCUT2D eigenvalue weighted by Gasteiger charge is -2.27. The van der Waals surface area contributed by atoms with Gasteiger partial charge in [0.25, 0.3) is 0 Å². The second-order valence-corrected chi connectivity index (χ2v) is 6.24. The van der Waals surface area contributed by atoms with Crippen LogP contribution in [0.2, 0.25) is 0 Å². The Balaban J connectivity index is 4.01. The van der Waals surface area contributed by atoms with Crippen LogP contribution in [-0.4, -0.2) is 24.6 Å². The molecule has 112 valence electrons. The zero-order valence-corrected chi connectivity index (χ0v) is 13.1. The van der Waals surface area contributed by atoms with Crippen LogP contribution in [0.3, 0.4) is 0 Å². The minimum Gasteiger partial charge on any atom is -0.466 e. The van der Waals surface area contributed by atoms with E-state index < -0.39 is 0 Å². The number of esters is 2. The van der Waals surface area contributed by atoms with Crippen molar-refractivity contribution in [2.75, 3.05) is 6.61 Å². The molecule has 2 atom stereocenters. The van der Waals surface area contributed by atoms with E-state index in [9.17, 15) is 9.59 Å². The predicted molar refractivity (Wildman–Crippen MR) is 74.7 cm³/mol. The lowest BCUT2D eigenvalue weighted by atomic mass is 9.83. The van der Waals surface area contributed by atoms with E-state index >= 15 is 0 Å². The minimum absolute atomic E-state index is 0.0887. The SMILES string of the molecule is CCOC(=O)CCC(=O)OC(C)C(C)CC(C)(C)C. The fraction of sp³-hybridized carbons (Fsp3) is 0.867. The summed E-state index contributed by atoms with van der Waals surface area (Å²) in [5.74, 6) is -0.386. The largest absolute Gasteiger partial charge is 0.466 e. The smallest absolute Gasteiger partial charge is 0.306 e. The first kappa shape index (κ1) is 17.9. The van der Waals surface area contributed by atoms with Crippen molar-refractivity contribution in [2.45, 2.75) is 66.9 Å². The second-order valence-electron chi connectivity index (χ2n) is 6.24. The van der Waals surface area contributed by atoms with Gasteiger partial charge in [0.2, 0.25) is 0 Å². The number of hydrogen-bond acceptors (Lipinski definition) is 4. The average molecular weight is 272 g/mol. The molecule has 19 heavy (non-hydrogen) atoms. The Kier molecular flexibility index (Phi) is 7.72. The molecule has 0 aliphatic heterocycles. The standard InChI is InChI=1S/C15H28O4/c1-7-18-13(16)8-9-14(17)19-12(3)11(2)10-15(4,5)6/h11-12H,7-10H2,1-6H3.